The molecule has 2 aliphatic rings. The number of Topliss-reactive ketones (excluding diaryl/α,β-unsaturated/α-hetero) is 1. The first-order valence-electron chi connectivity index (χ1n) is 10.3. The minimum absolute atomic E-state index is 0.0921. The van der Waals surface area contributed by atoms with E-state index in [1.807, 2.05) is 49.3 Å². The van der Waals surface area contributed by atoms with Crippen molar-refractivity contribution in [1.29, 1.82) is 0 Å². The summed E-state index contributed by atoms with van der Waals surface area (Å²) in [6.45, 7) is 1.77. The summed E-state index contributed by atoms with van der Waals surface area (Å²) in [5, 5.41) is 10.7. The van der Waals surface area contributed by atoms with Crippen molar-refractivity contribution in [1.82, 2.24) is 4.90 Å². The Labute approximate surface area is 167 Å². The Morgan fingerprint density at radius 2 is 1.57 bits per heavy atom. The van der Waals surface area contributed by atoms with Crippen molar-refractivity contribution < 1.29 is 9.90 Å². The van der Waals surface area contributed by atoms with E-state index in [4.69, 9.17) is 0 Å². The van der Waals surface area contributed by atoms with Gasteiger partial charge in [0.15, 0.2) is 5.78 Å². The molecule has 0 spiro atoms. The Balaban J connectivity index is 1.37. The number of carbonyl (C=O) groups excluding carboxylic acids is 1. The van der Waals surface area contributed by atoms with E-state index in [2.05, 4.69) is 23.1 Å². The molecule has 0 amide bonds. The van der Waals surface area contributed by atoms with E-state index in [1.165, 1.54) is 11.1 Å². The van der Waals surface area contributed by atoms with E-state index >= 15 is 0 Å². The lowest BCUT2D eigenvalue weighted by atomic mass is 9.83. The summed E-state index contributed by atoms with van der Waals surface area (Å²) in [5.74, 6) is 0.356. The number of anilines is 1. The molecule has 28 heavy (non-hydrogen) atoms. The second-order valence-electron chi connectivity index (χ2n) is 8.43. The fourth-order valence-electron chi connectivity index (χ4n) is 4.70. The Kier molecular flexibility index (Phi) is 5.51. The molecule has 1 aliphatic heterocycles. The van der Waals surface area contributed by atoms with Gasteiger partial charge < -0.3 is 10.0 Å². The zero-order chi connectivity index (χ0) is 19.7. The molecule has 0 aromatic heterocycles. The van der Waals surface area contributed by atoms with Gasteiger partial charge in [0, 0.05) is 43.7 Å². The van der Waals surface area contributed by atoms with Crippen LogP contribution in [0.15, 0.2) is 48.5 Å². The van der Waals surface area contributed by atoms with E-state index in [0.29, 0.717) is 0 Å². The highest BCUT2D eigenvalue weighted by atomic mass is 16.3. The summed E-state index contributed by atoms with van der Waals surface area (Å²) in [7, 11) is 4.01. The van der Waals surface area contributed by atoms with Crippen LogP contribution < -0.4 is 4.90 Å². The van der Waals surface area contributed by atoms with Gasteiger partial charge in [-0.2, -0.15) is 0 Å². The lowest BCUT2D eigenvalue weighted by molar-refractivity contribution is 0.0239. The Hall–Kier alpha value is -2.17. The van der Waals surface area contributed by atoms with Gasteiger partial charge in [-0.3, -0.25) is 9.69 Å². The summed E-state index contributed by atoms with van der Waals surface area (Å²) in [6.07, 6.45) is 3.07. The summed E-state index contributed by atoms with van der Waals surface area (Å²) < 4.78 is 0. The molecule has 4 nitrogen and oxygen atoms in total. The van der Waals surface area contributed by atoms with Gasteiger partial charge in [0.1, 0.15) is 0 Å². The first-order valence-corrected chi connectivity index (χ1v) is 10.3. The van der Waals surface area contributed by atoms with Gasteiger partial charge in [-0.25, -0.2) is 0 Å². The standard InChI is InChI=1S/C24H30N2O2/c1-25(2)21-9-7-17(8-10-21)24(28)18-11-13-26(14-12-18)22-15-19-5-3-4-6-20(19)16-23(22)27/h3-10,18,22-23,27H,11-16H2,1-2H3/t22-,23-/m1/s1. The van der Waals surface area contributed by atoms with Gasteiger partial charge in [0.2, 0.25) is 0 Å². The van der Waals surface area contributed by atoms with E-state index in [-0.39, 0.29) is 23.8 Å². The van der Waals surface area contributed by atoms with Crippen LogP contribution in [0.4, 0.5) is 5.69 Å². The number of hydrogen-bond acceptors (Lipinski definition) is 4. The van der Waals surface area contributed by atoms with Crippen molar-refractivity contribution in [3.05, 3.63) is 65.2 Å². The number of fused-ring (bicyclic) bond motifs is 1. The maximum absolute atomic E-state index is 12.9. The lowest BCUT2D eigenvalue weighted by Gasteiger charge is -2.41. The van der Waals surface area contributed by atoms with E-state index in [0.717, 1.165) is 50.0 Å². The van der Waals surface area contributed by atoms with Gasteiger partial charge in [-0.05, 0) is 67.7 Å². The average molecular weight is 379 g/mol. The zero-order valence-corrected chi connectivity index (χ0v) is 16.8. The van der Waals surface area contributed by atoms with Crippen LogP contribution in [0.5, 0.6) is 0 Å². The molecule has 1 aliphatic carbocycles. The number of likely N-dealkylation sites (tertiary alicyclic amines) is 1. The molecule has 1 fully saturated rings. The van der Waals surface area contributed by atoms with Gasteiger partial charge in [-0.15, -0.1) is 0 Å². The molecule has 148 valence electrons. The fourth-order valence-corrected chi connectivity index (χ4v) is 4.70. The summed E-state index contributed by atoms with van der Waals surface area (Å²) in [5.41, 5.74) is 4.56. The van der Waals surface area contributed by atoms with E-state index < -0.39 is 0 Å². The molecule has 4 heteroatoms. The quantitative estimate of drug-likeness (QED) is 0.830. The number of piperidine rings is 1. The van der Waals surface area contributed by atoms with Crippen molar-refractivity contribution in [2.45, 2.75) is 37.8 Å². The Morgan fingerprint density at radius 1 is 0.964 bits per heavy atom. The van der Waals surface area contributed by atoms with Gasteiger partial charge in [0.25, 0.3) is 0 Å². The van der Waals surface area contributed by atoms with Crippen LogP contribution in [-0.4, -0.2) is 55.1 Å². The van der Waals surface area contributed by atoms with Gasteiger partial charge in [0.05, 0.1) is 6.10 Å². The topological polar surface area (TPSA) is 43.8 Å². The number of aliphatic hydroxyl groups is 1. The SMILES string of the molecule is CN(C)c1ccc(C(=O)C2CCN([C@@H]3Cc4ccccc4C[C@H]3O)CC2)cc1. The van der Waals surface area contributed by atoms with Crippen molar-refractivity contribution in [2.75, 3.05) is 32.1 Å². The molecule has 0 saturated carbocycles. The van der Waals surface area contributed by atoms with Crippen LogP contribution in [0.25, 0.3) is 0 Å². The maximum atomic E-state index is 12.9. The smallest absolute Gasteiger partial charge is 0.166 e. The van der Waals surface area contributed by atoms with E-state index in [9.17, 15) is 9.90 Å². The molecule has 1 heterocycles. The third-order valence-corrected chi connectivity index (χ3v) is 6.46. The highest BCUT2D eigenvalue weighted by molar-refractivity contribution is 5.98. The fraction of sp³-hybridized carbons (Fsp3) is 0.458. The summed E-state index contributed by atoms with van der Waals surface area (Å²) in [6, 6.07) is 16.5. The number of carbonyl (C=O) groups is 1. The summed E-state index contributed by atoms with van der Waals surface area (Å²) in [4.78, 5) is 17.4. The molecule has 4 rings (SSSR count). The molecular formula is C24H30N2O2. The van der Waals surface area contributed by atoms with Crippen LogP contribution in [0.3, 0.4) is 0 Å². The van der Waals surface area contributed by atoms with Crippen LogP contribution >= 0.6 is 0 Å². The normalized spacial score (nSPS) is 23.2. The number of rotatable bonds is 4. The molecule has 0 unspecified atom stereocenters. The predicted octanol–water partition coefficient (Wildman–Crippen LogP) is 3.18. The minimum Gasteiger partial charge on any atom is -0.391 e. The highest BCUT2D eigenvalue weighted by Crippen LogP contribution is 2.29. The average Bonchev–Trinajstić information content (AvgIpc) is 2.73. The predicted molar refractivity (Wildman–Crippen MR) is 113 cm³/mol. The largest absolute Gasteiger partial charge is 0.391 e. The lowest BCUT2D eigenvalue weighted by Crippen LogP contribution is -2.51. The van der Waals surface area contributed by atoms with Crippen LogP contribution in [0.2, 0.25) is 0 Å². The number of hydrogen-bond donors (Lipinski definition) is 1. The molecule has 0 radical (unpaired) electrons. The number of benzene rings is 2. The third-order valence-electron chi connectivity index (χ3n) is 6.46. The van der Waals surface area contributed by atoms with Gasteiger partial charge in [-0.1, -0.05) is 24.3 Å². The third kappa shape index (κ3) is 3.85. The highest BCUT2D eigenvalue weighted by Gasteiger charge is 2.35. The van der Waals surface area contributed by atoms with Crippen LogP contribution in [-0.2, 0) is 12.8 Å². The van der Waals surface area contributed by atoms with E-state index in [1.54, 1.807) is 0 Å². The van der Waals surface area contributed by atoms with Crippen LogP contribution in [0, 0.1) is 5.92 Å². The minimum atomic E-state index is -0.319. The molecular weight excluding hydrogens is 348 g/mol. The molecule has 0 bridgehead atoms. The van der Waals surface area contributed by atoms with Crippen molar-refractivity contribution in [2.24, 2.45) is 5.92 Å². The second kappa shape index (κ2) is 8.06. The monoisotopic (exact) mass is 378 g/mol. The maximum Gasteiger partial charge on any atom is 0.166 e. The first kappa shape index (κ1) is 19.2. The second-order valence-corrected chi connectivity index (χ2v) is 8.43. The van der Waals surface area contributed by atoms with Crippen molar-refractivity contribution in [3.8, 4) is 0 Å². The van der Waals surface area contributed by atoms with Gasteiger partial charge >= 0.3 is 0 Å². The molecule has 2 atom stereocenters. The van der Waals surface area contributed by atoms with Crippen molar-refractivity contribution >= 4 is 11.5 Å². The molecule has 1 N–H and O–H groups in total. The molecule has 2 aromatic carbocycles. The van der Waals surface area contributed by atoms with Crippen molar-refractivity contribution in [3.63, 3.8) is 0 Å². The number of aliphatic hydroxyl groups excluding tert-OH is 1. The Bertz CT molecular complexity index is 823. The zero-order valence-electron chi connectivity index (χ0n) is 16.8. The Morgan fingerprint density at radius 3 is 2.18 bits per heavy atom. The van der Waals surface area contributed by atoms with Crippen LogP contribution in [0.1, 0.15) is 34.3 Å². The molecule has 2 aromatic rings. The summed E-state index contributed by atoms with van der Waals surface area (Å²) >= 11 is 0. The number of nitrogens with zero attached hydrogens (tertiary/aromatic N) is 2. The number of ketones is 1. The first-order chi connectivity index (χ1) is 13.5. The molecule has 1 saturated heterocycles.